The van der Waals surface area contributed by atoms with Gasteiger partial charge in [-0.2, -0.15) is 5.26 Å². The highest BCUT2D eigenvalue weighted by molar-refractivity contribution is 5.91. The van der Waals surface area contributed by atoms with Gasteiger partial charge in [0.1, 0.15) is 12.1 Å². The van der Waals surface area contributed by atoms with Gasteiger partial charge in [0.15, 0.2) is 0 Å². The van der Waals surface area contributed by atoms with Gasteiger partial charge in [-0.15, -0.1) is 0 Å². The van der Waals surface area contributed by atoms with Gasteiger partial charge in [-0.05, 0) is 11.8 Å². The molecule has 4 N–H and O–H groups in total. The maximum Gasteiger partial charge on any atom is 0.243 e. The number of amides is 3. The third kappa shape index (κ3) is 5.69. The highest BCUT2D eigenvalue weighted by Crippen LogP contribution is 2.09. The van der Waals surface area contributed by atoms with Crippen molar-refractivity contribution in [1.29, 1.82) is 5.26 Å². The summed E-state index contributed by atoms with van der Waals surface area (Å²) >= 11 is 0. The van der Waals surface area contributed by atoms with Gasteiger partial charge in [0.2, 0.25) is 17.7 Å². The fraction of sp³-hybridized carbons (Fsp3) is 0.692. The molecule has 0 aliphatic carbocycles. The fourth-order valence-corrected chi connectivity index (χ4v) is 1.75. The minimum Gasteiger partial charge on any atom is -0.368 e. The van der Waals surface area contributed by atoms with Gasteiger partial charge in [0.05, 0.1) is 6.07 Å². The van der Waals surface area contributed by atoms with E-state index in [2.05, 4.69) is 10.6 Å². The number of nitrogens with two attached hydrogens (primary N) is 1. The Morgan fingerprint density at radius 1 is 1.15 bits per heavy atom. The predicted octanol–water partition coefficient (Wildman–Crippen LogP) is -0.333. The number of nitriles is 1. The third-order valence-electron chi connectivity index (χ3n) is 2.89. The molecule has 0 rings (SSSR count). The van der Waals surface area contributed by atoms with Crippen LogP contribution in [0.25, 0.3) is 0 Å². The van der Waals surface area contributed by atoms with Crippen LogP contribution in [0.1, 0.15) is 34.1 Å². The molecule has 7 heteroatoms. The van der Waals surface area contributed by atoms with Gasteiger partial charge in [0, 0.05) is 13.3 Å². The minimum absolute atomic E-state index is 0.0976. The van der Waals surface area contributed by atoms with Crippen molar-refractivity contribution < 1.29 is 14.4 Å². The summed E-state index contributed by atoms with van der Waals surface area (Å²) in [4.78, 5) is 34.6. The topological polar surface area (TPSA) is 125 Å². The zero-order valence-electron chi connectivity index (χ0n) is 12.3. The van der Waals surface area contributed by atoms with Crippen molar-refractivity contribution in [3.05, 3.63) is 0 Å². The highest BCUT2D eigenvalue weighted by Gasteiger charge is 2.29. The van der Waals surface area contributed by atoms with Crippen molar-refractivity contribution in [3.8, 4) is 6.07 Å². The quantitative estimate of drug-likeness (QED) is 0.591. The molecule has 0 heterocycles. The lowest BCUT2D eigenvalue weighted by atomic mass is 9.96. The van der Waals surface area contributed by atoms with Crippen LogP contribution in [0.5, 0.6) is 0 Å². The predicted molar refractivity (Wildman–Crippen MR) is 73.0 cm³/mol. The maximum atomic E-state index is 12.1. The van der Waals surface area contributed by atoms with Gasteiger partial charge in [-0.1, -0.05) is 20.8 Å². The molecule has 0 aromatic heterocycles. The summed E-state index contributed by atoms with van der Waals surface area (Å²) in [6.07, 6.45) is 0.0976. The average molecular weight is 282 g/mol. The van der Waals surface area contributed by atoms with Crippen LogP contribution in [0.3, 0.4) is 0 Å². The molecule has 0 unspecified atom stereocenters. The Hall–Kier alpha value is -2.10. The second kappa shape index (κ2) is 8.15. The minimum atomic E-state index is -0.933. The molecule has 112 valence electrons. The zero-order valence-corrected chi connectivity index (χ0v) is 12.3. The number of primary amides is 1. The monoisotopic (exact) mass is 282 g/mol. The summed E-state index contributed by atoms with van der Waals surface area (Å²) in [5, 5.41) is 13.7. The second-order valence-corrected chi connectivity index (χ2v) is 5.15. The number of hydrogen-bond acceptors (Lipinski definition) is 4. The van der Waals surface area contributed by atoms with Crippen molar-refractivity contribution in [2.24, 2.45) is 17.6 Å². The first-order valence-corrected chi connectivity index (χ1v) is 6.44. The van der Waals surface area contributed by atoms with Crippen molar-refractivity contribution in [3.63, 3.8) is 0 Å². The third-order valence-corrected chi connectivity index (χ3v) is 2.89. The van der Waals surface area contributed by atoms with Gasteiger partial charge >= 0.3 is 0 Å². The Morgan fingerprint density at radius 2 is 1.70 bits per heavy atom. The van der Waals surface area contributed by atoms with E-state index in [0.717, 1.165) is 0 Å². The number of nitrogens with one attached hydrogen (secondary N) is 2. The Bertz CT molecular complexity index is 414. The normalized spacial score (nSPS) is 14.8. The zero-order chi connectivity index (χ0) is 15.9. The summed E-state index contributed by atoms with van der Waals surface area (Å²) in [5.41, 5.74) is 5.24. The second-order valence-electron chi connectivity index (χ2n) is 5.15. The van der Waals surface area contributed by atoms with Crippen LogP contribution in [0.15, 0.2) is 0 Å². The first-order chi connectivity index (χ1) is 9.20. The molecule has 0 bridgehead atoms. The maximum absolute atomic E-state index is 12.1. The molecular weight excluding hydrogens is 260 g/mol. The van der Waals surface area contributed by atoms with E-state index in [1.165, 1.54) is 6.92 Å². The smallest absolute Gasteiger partial charge is 0.243 e. The van der Waals surface area contributed by atoms with Crippen molar-refractivity contribution >= 4 is 17.7 Å². The van der Waals surface area contributed by atoms with Crippen LogP contribution >= 0.6 is 0 Å². The Labute approximate surface area is 118 Å². The molecular formula is C13H22N4O3. The van der Waals surface area contributed by atoms with Gasteiger partial charge in [0.25, 0.3) is 0 Å². The standard InChI is InChI=1S/C13H22N4O3/c1-7(2)10(16-9(4)18)13(20)17-11(12(15)19)8(3)5-6-14/h7-8,10-11H,5H2,1-4H3,(H2,15,19)(H,16,18)(H,17,20)/t8-,10-,11-/m1/s1. The molecule has 0 aliphatic rings. The first kappa shape index (κ1) is 17.9. The molecule has 0 radical (unpaired) electrons. The fourth-order valence-electron chi connectivity index (χ4n) is 1.75. The lowest BCUT2D eigenvalue weighted by Crippen LogP contribution is -2.56. The number of hydrogen-bond donors (Lipinski definition) is 3. The van der Waals surface area contributed by atoms with E-state index in [4.69, 9.17) is 11.0 Å². The molecule has 0 saturated heterocycles. The van der Waals surface area contributed by atoms with Gasteiger partial charge in [-0.25, -0.2) is 0 Å². The number of rotatable bonds is 7. The van der Waals surface area contributed by atoms with E-state index < -0.39 is 29.8 Å². The van der Waals surface area contributed by atoms with Crippen LogP contribution in [-0.2, 0) is 14.4 Å². The SMILES string of the molecule is CC(=O)N[C@@H](C(=O)N[C@@H](C(N)=O)[C@H](C)CC#N)C(C)C. The molecule has 0 spiro atoms. The van der Waals surface area contributed by atoms with Crippen LogP contribution in [0.4, 0.5) is 0 Å². The summed E-state index contributed by atoms with van der Waals surface area (Å²) < 4.78 is 0. The first-order valence-electron chi connectivity index (χ1n) is 6.44. The number of carbonyl (C=O) groups excluding carboxylic acids is 3. The number of nitrogens with zero attached hydrogens (tertiary/aromatic N) is 1. The molecule has 20 heavy (non-hydrogen) atoms. The lowest BCUT2D eigenvalue weighted by Gasteiger charge is -2.26. The van der Waals surface area contributed by atoms with E-state index in [1.54, 1.807) is 20.8 Å². The van der Waals surface area contributed by atoms with E-state index in [9.17, 15) is 14.4 Å². The van der Waals surface area contributed by atoms with E-state index in [-0.39, 0.29) is 18.2 Å². The van der Waals surface area contributed by atoms with E-state index in [0.29, 0.717) is 0 Å². The van der Waals surface area contributed by atoms with E-state index in [1.807, 2.05) is 6.07 Å². The number of carbonyl (C=O) groups is 3. The molecule has 0 saturated carbocycles. The largest absolute Gasteiger partial charge is 0.368 e. The van der Waals surface area contributed by atoms with Crippen LogP contribution < -0.4 is 16.4 Å². The van der Waals surface area contributed by atoms with Crippen molar-refractivity contribution in [2.45, 2.75) is 46.2 Å². The summed E-state index contributed by atoms with van der Waals surface area (Å²) in [7, 11) is 0. The Morgan fingerprint density at radius 3 is 2.05 bits per heavy atom. The molecule has 3 atom stereocenters. The molecule has 0 aromatic rings. The van der Waals surface area contributed by atoms with Crippen LogP contribution in [0.2, 0.25) is 0 Å². The van der Waals surface area contributed by atoms with Crippen LogP contribution in [0, 0.1) is 23.2 Å². The van der Waals surface area contributed by atoms with Gasteiger partial charge < -0.3 is 16.4 Å². The van der Waals surface area contributed by atoms with Crippen molar-refractivity contribution in [2.75, 3.05) is 0 Å². The Balaban J connectivity index is 4.93. The molecule has 0 aliphatic heterocycles. The summed E-state index contributed by atoms with van der Waals surface area (Å²) in [6.45, 7) is 6.52. The summed E-state index contributed by atoms with van der Waals surface area (Å²) in [6, 6.07) is 0.252. The highest BCUT2D eigenvalue weighted by atomic mass is 16.2. The van der Waals surface area contributed by atoms with Crippen LogP contribution in [-0.4, -0.2) is 29.8 Å². The molecule has 0 aromatic carbocycles. The van der Waals surface area contributed by atoms with Gasteiger partial charge in [-0.3, -0.25) is 14.4 Å². The van der Waals surface area contributed by atoms with E-state index >= 15 is 0 Å². The molecule has 0 fully saturated rings. The Kier molecular flexibility index (Phi) is 7.29. The average Bonchev–Trinajstić information content (AvgIpc) is 2.31. The summed E-state index contributed by atoms with van der Waals surface area (Å²) in [5.74, 6) is -2.06. The van der Waals surface area contributed by atoms with Crippen molar-refractivity contribution in [1.82, 2.24) is 10.6 Å². The molecule has 3 amide bonds. The lowest BCUT2D eigenvalue weighted by molar-refractivity contribution is -0.132. The molecule has 7 nitrogen and oxygen atoms in total.